The molecule has 1 aliphatic carbocycles. The third-order valence-corrected chi connectivity index (χ3v) is 17.8. The maximum absolute atomic E-state index is 4.01. The zero-order valence-corrected chi connectivity index (χ0v) is 21.7. The van der Waals surface area contributed by atoms with Crippen molar-refractivity contribution in [3.05, 3.63) is 49.7 Å². The third kappa shape index (κ3) is 6.56. The number of hydrogen-bond donors (Lipinski definition) is 1. The molecule has 0 aromatic heterocycles. The Morgan fingerprint density at radius 2 is 1.61 bits per heavy atom. The summed E-state index contributed by atoms with van der Waals surface area (Å²) in [6.07, 6.45) is 5.94. The molecule has 0 bridgehead atoms. The molecule has 1 aliphatic rings. The monoisotopic (exact) mass is 513 g/mol. The van der Waals surface area contributed by atoms with Crippen LogP contribution >= 0.6 is 40.7 Å². The van der Waals surface area contributed by atoms with Gasteiger partial charge in [0.1, 0.15) is 0 Å². The Morgan fingerprint density at radius 1 is 1.09 bits per heavy atom. The van der Waals surface area contributed by atoms with Crippen molar-refractivity contribution in [2.75, 3.05) is 0 Å². The van der Waals surface area contributed by atoms with Crippen LogP contribution in [0.15, 0.2) is 44.2 Å². The van der Waals surface area contributed by atoms with Crippen molar-refractivity contribution in [2.24, 2.45) is 0 Å². The van der Waals surface area contributed by atoms with E-state index >= 15 is 0 Å². The van der Waals surface area contributed by atoms with Crippen LogP contribution in [0.2, 0.25) is 9.26 Å². The molecule has 6 heteroatoms. The molecule has 130 valence electrons. The van der Waals surface area contributed by atoms with E-state index in [9.17, 15) is 0 Å². The van der Waals surface area contributed by atoms with Gasteiger partial charge in [-0.3, -0.25) is 0 Å². The second-order valence-corrected chi connectivity index (χ2v) is 37.0. The minimum atomic E-state index is -2.96. The van der Waals surface area contributed by atoms with Gasteiger partial charge in [0.05, 0.1) is 0 Å². The minimum Gasteiger partial charge on any atom is -0.147 e. The number of rotatable bonds is 3. The molecule has 0 unspecified atom stereocenters. The van der Waals surface area contributed by atoms with Crippen LogP contribution in [0.1, 0.15) is 32.8 Å². The van der Waals surface area contributed by atoms with Gasteiger partial charge in [-0.25, -0.2) is 0 Å². The second kappa shape index (κ2) is 8.01. The number of halogens is 3. The third-order valence-electron chi connectivity index (χ3n) is 3.85. The van der Waals surface area contributed by atoms with E-state index in [2.05, 4.69) is 92.5 Å². The molecule has 0 saturated heterocycles. The largest absolute Gasteiger partial charge is 0.147 e. The van der Waals surface area contributed by atoms with Gasteiger partial charge in [0.25, 0.3) is 0 Å². The average molecular weight is 517 g/mol. The normalized spacial score (nSPS) is 15.3. The van der Waals surface area contributed by atoms with E-state index in [4.69, 9.17) is 0 Å². The molecule has 2 rings (SSSR count). The van der Waals surface area contributed by atoms with Crippen molar-refractivity contribution in [1.82, 2.24) is 3.26 Å². The summed E-state index contributed by atoms with van der Waals surface area (Å²) in [6.45, 7) is 9.08. The molecule has 1 nitrogen and oxygen atoms in total. The van der Waals surface area contributed by atoms with E-state index in [0.29, 0.717) is 0 Å². The molecule has 0 aliphatic heterocycles. The van der Waals surface area contributed by atoms with Crippen LogP contribution in [0.3, 0.4) is 0 Å². The fourth-order valence-corrected chi connectivity index (χ4v) is 17.8. The van der Waals surface area contributed by atoms with Gasteiger partial charge in [-0.15, -0.1) is 24.8 Å². The number of benzene rings is 1. The van der Waals surface area contributed by atoms with Crippen LogP contribution in [0.25, 0.3) is 5.57 Å². The summed E-state index contributed by atoms with van der Waals surface area (Å²) in [6, 6.07) is 8.62. The van der Waals surface area contributed by atoms with Crippen LogP contribution in [-0.4, -0.2) is 12.4 Å². The molecule has 0 saturated carbocycles. The Kier molecular flexibility index (Phi) is 8.30. The van der Waals surface area contributed by atoms with Crippen molar-refractivity contribution in [1.29, 1.82) is 0 Å². The summed E-state index contributed by atoms with van der Waals surface area (Å²) in [4.78, 5) is 0. The van der Waals surface area contributed by atoms with Crippen molar-refractivity contribution in [3.8, 4) is 0 Å². The van der Waals surface area contributed by atoms with Gasteiger partial charge >= 0.3 is 141 Å². The molecular weight excluding hydrogens is 488 g/mol. The first kappa shape index (κ1) is 23.8. The molecule has 0 amide bonds. The number of nitrogens with one attached hydrogen (secondary N) is 1. The van der Waals surface area contributed by atoms with Gasteiger partial charge < -0.3 is 0 Å². The first-order chi connectivity index (χ1) is 9.45. The van der Waals surface area contributed by atoms with E-state index in [-0.39, 0.29) is 30.4 Å². The summed E-state index contributed by atoms with van der Waals surface area (Å²) >= 11 is 0.544. The van der Waals surface area contributed by atoms with Crippen LogP contribution < -0.4 is 3.26 Å². The summed E-state index contributed by atoms with van der Waals surface area (Å²) in [5.41, 5.74) is 2.87. The van der Waals surface area contributed by atoms with E-state index in [0.717, 1.165) is 10.9 Å². The summed E-state index contributed by atoms with van der Waals surface area (Å²) in [5, 5.41) is 0. The Morgan fingerprint density at radius 3 is 2.09 bits per heavy atom. The Balaban J connectivity index is 0.00000242. The van der Waals surface area contributed by atoms with Gasteiger partial charge in [0.15, 0.2) is 0 Å². The van der Waals surface area contributed by atoms with Crippen molar-refractivity contribution in [3.63, 3.8) is 0 Å². The Bertz CT molecular complexity index is 682. The molecule has 1 aromatic rings. The first-order valence-electron chi connectivity index (χ1n) is 7.49. The van der Waals surface area contributed by atoms with Crippen LogP contribution in [-0.2, 0) is 17.7 Å². The predicted molar refractivity (Wildman–Crippen MR) is 112 cm³/mol. The topological polar surface area (TPSA) is 12.0 Å². The van der Waals surface area contributed by atoms with E-state index in [1.807, 2.05) is 0 Å². The Labute approximate surface area is 164 Å². The quantitative estimate of drug-likeness (QED) is 0.516. The molecule has 0 radical (unpaired) electrons. The molecular formula is C17H28BrCl2NSiZr. The predicted octanol–water partition coefficient (Wildman–Crippen LogP) is 5.60. The maximum Gasteiger partial charge on any atom is -0.147 e. The first-order valence-corrected chi connectivity index (χ1v) is 21.6. The molecule has 0 heterocycles. The molecule has 0 fully saturated rings. The van der Waals surface area contributed by atoms with E-state index < -0.39 is 17.7 Å². The zero-order valence-electron chi connectivity index (χ0n) is 14.6. The van der Waals surface area contributed by atoms with Crippen molar-refractivity contribution in [2.45, 2.75) is 42.0 Å². The average Bonchev–Trinajstić information content (AvgIpc) is 2.76. The fourth-order valence-electron chi connectivity index (χ4n) is 3.21. The van der Waals surface area contributed by atoms with Crippen molar-refractivity contribution >= 4 is 53.2 Å². The van der Waals surface area contributed by atoms with Crippen LogP contribution in [0.5, 0.6) is 0 Å². The summed E-state index contributed by atoms with van der Waals surface area (Å²) in [7, 11) is 0. The van der Waals surface area contributed by atoms with E-state index in [1.54, 1.807) is 3.28 Å². The van der Waals surface area contributed by atoms with Gasteiger partial charge in [-0.05, 0) is 0 Å². The number of hydrogen-bond acceptors (Lipinski definition) is 1. The van der Waals surface area contributed by atoms with Gasteiger partial charge in [0.2, 0.25) is 0 Å². The minimum absolute atomic E-state index is 0. The van der Waals surface area contributed by atoms with Crippen LogP contribution in [0.4, 0.5) is 0 Å². The molecule has 1 N–H and O–H groups in total. The van der Waals surface area contributed by atoms with Gasteiger partial charge in [0, 0.05) is 0 Å². The van der Waals surface area contributed by atoms with E-state index in [1.165, 1.54) is 11.1 Å². The molecule has 1 aromatic carbocycles. The van der Waals surface area contributed by atoms with Crippen molar-refractivity contribution < 1.29 is 17.7 Å². The molecule has 23 heavy (non-hydrogen) atoms. The molecule has 0 spiro atoms. The standard InChI is InChI=1S/C11H8Br.C4H10N.2CH3.2ClH.H2Si.Zr/c12-11-7-5-10(6-8-11)9-3-1-2-4-9;1-4(2,3)5;;;;;;/h3-8H,1H2;5H,1-3H3;2*1H3;2*1H;1H2;/q;-1;;;;;;+1. The fraction of sp³-hybridized carbons (Fsp3) is 0.412. The molecule has 0 atom stereocenters. The second-order valence-electron chi connectivity index (χ2n) is 8.10. The maximum atomic E-state index is 4.01. The summed E-state index contributed by atoms with van der Waals surface area (Å²) in [5.74, 6) is 0. The van der Waals surface area contributed by atoms with Crippen LogP contribution in [0, 0.1) is 0 Å². The van der Waals surface area contributed by atoms with Gasteiger partial charge in [-0.1, -0.05) is 0 Å². The zero-order chi connectivity index (χ0) is 15.9. The SMILES string of the molecule is CC(C)(C)[NH][Zr]([CH3])([CH3])(=[SiH2])[C]1=CC(c2ccc(Br)cc2)=CC1.Cl.Cl. The Hall–Kier alpha value is 0.820. The smallest absolute Gasteiger partial charge is 0.147 e. The number of allylic oxidation sites excluding steroid dienone is 4. The summed E-state index contributed by atoms with van der Waals surface area (Å²) < 4.78 is 11.8. The van der Waals surface area contributed by atoms with Gasteiger partial charge in [-0.2, -0.15) is 0 Å².